The molecule has 3 rings (SSSR count). The summed E-state index contributed by atoms with van der Waals surface area (Å²) in [5, 5.41) is 6.50. The Morgan fingerprint density at radius 2 is 1.90 bits per heavy atom. The van der Waals surface area contributed by atoms with Crippen molar-refractivity contribution in [1.29, 1.82) is 0 Å². The molecule has 1 N–H and O–H groups in total. The van der Waals surface area contributed by atoms with Gasteiger partial charge in [0, 0.05) is 25.1 Å². The van der Waals surface area contributed by atoms with Crippen molar-refractivity contribution in [2.24, 2.45) is 5.92 Å². The van der Waals surface area contributed by atoms with Gasteiger partial charge in [0.15, 0.2) is 5.82 Å². The number of aryl methyl sites for hydroxylation is 1. The summed E-state index contributed by atoms with van der Waals surface area (Å²) in [6.45, 7) is 9.09. The van der Waals surface area contributed by atoms with Gasteiger partial charge >= 0.3 is 0 Å². The van der Waals surface area contributed by atoms with Gasteiger partial charge in [0.05, 0.1) is 6.54 Å². The third-order valence-corrected chi connectivity index (χ3v) is 5.46. The Bertz CT molecular complexity index is 816. The minimum Gasteiger partial charge on any atom is -0.360 e. The zero-order valence-electron chi connectivity index (χ0n) is 17.4. The van der Waals surface area contributed by atoms with E-state index in [2.05, 4.69) is 41.4 Å². The smallest absolute Gasteiger partial charge is 0.245 e. The normalized spacial score (nSPS) is 17.9. The molecule has 156 valence electrons. The number of anilines is 1. The van der Waals surface area contributed by atoms with E-state index >= 15 is 0 Å². The van der Waals surface area contributed by atoms with Gasteiger partial charge < -0.3 is 19.6 Å². The molecule has 1 aliphatic carbocycles. The summed E-state index contributed by atoms with van der Waals surface area (Å²) in [6.07, 6.45) is 0.842. The topological polar surface area (TPSA) is 78.7 Å². The molecule has 2 amide bonds. The van der Waals surface area contributed by atoms with Gasteiger partial charge in [-0.1, -0.05) is 49.3 Å². The molecule has 2 aromatic rings. The molecule has 1 saturated carbocycles. The molecule has 0 saturated heterocycles. The lowest BCUT2D eigenvalue weighted by Crippen LogP contribution is -2.43. The number of benzene rings is 1. The third-order valence-electron chi connectivity index (χ3n) is 5.46. The number of hydrogen-bond acceptors (Lipinski definition) is 5. The van der Waals surface area contributed by atoms with Gasteiger partial charge in [-0.3, -0.25) is 9.59 Å². The highest BCUT2D eigenvalue weighted by Crippen LogP contribution is 2.48. The van der Waals surface area contributed by atoms with Crippen LogP contribution in [0.2, 0.25) is 0 Å². The maximum Gasteiger partial charge on any atom is 0.245 e. The molecule has 0 radical (unpaired) electrons. The van der Waals surface area contributed by atoms with Crippen LogP contribution in [0.25, 0.3) is 0 Å². The second-order valence-electron chi connectivity index (χ2n) is 7.52. The molecule has 2 unspecified atom stereocenters. The first kappa shape index (κ1) is 21.0. The summed E-state index contributed by atoms with van der Waals surface area (Å²) in [5.41, 5.74) is 1.19. The fourth-order valence-electron chi connectivity index (χ4n) is 3.62. The van der Waals surface area contributed by atoms with E-state index in [4.69, 9.17) is 4.52 Å². The highest BCUT2D eigenvalue weighted by atomic mass is 16.5. The predicted molar refractivity (Wildman–Crippen MR) is 112 cm³/mol. The second-order valence-corrected chi connectivity index (χ2v) is 7.52. The minimum atomic E-state index is -0.261. The molecule has 1 aromatic heterocycles. The Morgan fingerprint density at radius 1 is 1.17 bits per heavy atom. The molecule has 1 aromatic carbocycles. The summed E-state index contributed by atoms with van der Waals surface area (Å²) in [6, 6.07) is 11.8. The van der Waals surface area contributed by atoms with E-state index in [0.29, 0.717) is 18.1 Å². The van der Waals surface area contributed by atoms with E-state index in [1.807, 2.05) is 18.2 Å². The lowest BCUT2D eigenvalue weighted by Gasteiger charge is -2.26. The number of nitrogens with zero attached hydrogens (tertiary/aromatic N) is 3. The van der Waals surface area contributed by atoms with Crippen molar-refractivity contribution in [3.05, 3.63) is 47.7 Å². The first-order chi connectivity index (χ1) is 14.0. The molecule has 0 bridgehead atoms. The maximum atomic E-state index is 13.2. The highest BCUT2D eigenvalue weighted by molar-refractivity contribution is 5.94. The first-order valence-corrected chi connectivity index (χ1v) is 10.3. The minimum absolute atomic E-state index is 0.0179. The monoisotopic (exact) mass is 398 g/mol. The van der Waals surface area contributed by atoms with Gasteiger partial charge in [0.1, 0.15) is 5.76 Å². The van der Waals surface area contributed by atoms with Crippen LogP contribution in [0.3, 0.4) is 0 Å². The van der Waals surface area contributed by atoms with Crippen LogP contribution >= 0.6 is 0 Å². The number of likely N-dealkylation sites (N-methyl/N-ethyl adjacent to an activating group) is 1. The van der Waals surface area contributed by atoms with Crippen molar-refractivity contribution in [3.63, 3.8) is 0 Å². The number of nitrogens with one attached hydrogen (secondary N) is 1. The zero-order chi connectivity index (χ0) is 20.8. The lowest BCUT2D eigenvalue weighted by atomic mass is 10.1. The molecule has 7 heteroatoms. The Hall–Kier alpha value is -2.67. The number of hydrogen-bond donors (Lipinski definition) is 1. The largest absolute Gasteiger partial charge is 0.360 e. The van der Waals surface area contributed by atoms with Crippen molar-refractivity contribution in [1.82, 2.24) is 15.0 Å². The van der Waals surface area contributed by atoms with Crippen LogP contribution in [-0.4, -0.2) is 59.5 Å². The van der Waals surface area contributed by atoms with Crippen LogP contribution in [-0.2, 0) is 9.59 Å². The van der Waals surface area contributed by atoms with Gasteiger partial charge in [-0.05, 0) is 37.9 Å². The molecule has 29 heavy (non-hydrogen) atoms. The Labute approximate surface area is 172 Å². The lowest BCUT2D eigenvalue weighted by molar-refractivity contribution is -0.136. The van der Waals surface area contributed by atoms with Crippen LogP contribution in [0.15, 0.2) is 40.9 Å². The fraction of sp³-hybridized carbons (Fsp3) is 0.500. The van der Waals surface area contributed by atoms with Gasteiger partial charge in [0.25, 0.3) is 0 Å². The second kappa shape index (κ2) is 9.69. The molecule has 1 aliphatic rings. The van der Waals surface area contributed by atoms with Crippen LogP contribution in [0.5, 0.6) is 0 Å². The average Bonchev–Trinajstić information content (AvgIpc) is 3.43. The first-order valence-electron chi connectivity index (χ1n) is 10.3. The highest BCUT2D eigenvalue weighted by Gasteiger charge is 2.45. The molecular formula is C22H30N4O3. The third kappa shape index (κ3) is 5.67. The number of rotatable bonds is 10. The maximum absolute atomic E-state index is 13.2. The van der Waals surface area contributed by atoms with Crippen molar-refractivity contribution in [3.8, 4) is 0 Å². The molecule has 1 heterocycles. The van der Waals surface area contributed by atoms with Crippen molar-refractivity contribution in [2.45, 2.75) is 33.1 Å². The van der Waals surface area contributed by atoms with E-state index < -0.39 is 0 Å². The molecule has 7 nitrogen and oxygen atoms in total. The molecule has 2 atom stereocenters. The number of carbonyl (C=O) groups excluding carboxylic acids is 2. The van der Waals surface area contributed by atoms with Crippen LogP contribution in [0.1, 0.15) is 37.5 Å². The van der Waals surface area contributed by atoms with Gasteiger partial charge in [-0.15, -0.1) is 0 Å². The van der Waals surface area contributed by atoms with Gasteiger partial charge in [0.2, 0.25) is 11.8 Å². The van der Waals surface area contributed by atoms with Crippen LogP contribution < -0.4 is 5.32 Å². The van der Waals surface area contributed by atoms with E-state index in [-0.39, 0.29) is 30.2 Å². The number of aromatic nitrogens is 1. The Balaban J connectivity index is 1.63. The van der Waals surface area contributed by atoms with Crippen molar-refractivity contribution in [2.75, 3.05) is 38.0 Å². The van der Waals surface area contributed by atoms with E-state index in [1.165, 1.54) is 5.56 Å². The van der Waals surface area contributed by atoms with E-state index in [1.54, 1.807) is 17.9 Å². The summed E-state index contributed by atoms with van der Waals surface area (Å²) < 4.78 is 4.99. The Kier molecular flexibility index (Phi) is 7.04. The molecular weight excluding hydrogens is 368 g/mol. The Morgan fingerprint density at radius 3 is 2.52 bits per heavy atom. The van der Waals surface area contributed by atoms with Crippen molar-refractivity contribution >= 4 is 17.6 Å². The summed E-state index contributed by atoms with van der Waals surface area (Å²) in [5.74, 6) is 0.994. The summed E-state index contributed by atoms with van der Waals surface area (Å²) in [7, 11) is 0. The SMILES string of the molecule is CCN(CC)CCN(CC(=O)Nc1cc(C)on1)C(=O)C1CC1c1ccccc1. The van der Waals surface area contributed by atoms with Crippen LogP contribution in [0, 0.1) is 12.8 Å². The van der Waals surface area contributed by atoms with Gasteiger partial charge in [-0.2, -0.15) is 0 Å². The summed E-state index contributed by atoms with van der Waals surface area (Å²) in [4.78, 5) is 29.6. The fourth-order valence-corrected chi connectivity index (χ4v) is 3.62. The number of amides is 2. The standard InChI is InChI=1S/C22H30N4O3/c1-4-25(5-2)11-12-26(15-21(27)23-20-13-16(3)29-24-20)22(28)19-14-18(19)17-9-7-6-8-10-17/h6-10,13,18-19H,4-5,11-12,14-15H2,1-3H3,(H,23,24,27). The van der Waals surface area contributed by atoms with Crippen molar-refractivity contribution < 1.29 is 14.1 Å². The molecule has 0 aliphatic heterocycles. The number of carbonyl (C=O) groups is 2. The zero-order valence-corrected chi connectivity index (χ0v) is 17.4. The van der Waals surface area contributed by atoms with Crippen LogP contribution in [0.4, 0.5) is 5.82 Å². The quantitative estimate of drug-likeness (QED) is 0.666. The predicted octanol–water partition coefficient (Wildman–Crippen LogP) is 2.90. The molecule has 0 spiro atoms. The molecule has 1 fully saturated rings. The van der Waals surface area contributed by atoms with E-state index in [9.17, 15) is 9.59 Å². The summed E-state index contributed by atoms with van der Waals surface area (Å²) >= 11 is 0. The average molecular weight is 399 g/mol. The van der Waals surface area contributed by atoms with E-state index in [0.717, 1.165) is 26.1 Å². The van der Waals surface area contributed by atoms with Gasteiger partial charge in [-0.25, -0.2) is 0 Å².